The van der Waals surface area contributed by atoms with Crippen molar-refractivity contribution in [2.45, 2.75) is 32.0 Å². The lowest BCUT2D eigenvalue weighted by Gasteiger charge is -2.29. The van der Waals surface area contributed by atoms with Gasteiger partial charge in [0.25, 0.3) is 0 Å². The van der Waals surface area contributed by atoms with Gasteiger partial charge in [0, 0.05) is 32.4 Å². The van der Waals surface area contributed by atoms with E-state index in [0.29, 0.717) is 12.4 Å². The van der Waals surface area contributed by atoms with Crippen LogP contribution in [0.1, 0.15) is 30.5 Å². The molecule has 0 spiro atoms. The van der Waals surface area contributed by atoms with E-state index in [2.05, 4.69) is 39.4 Å². The number of piperidine rings is 1. The number of hydrogen-bond donors (Lipinski definition) is 0. The molecule has 0 aliphatic carbocycles. The highest BCUT2D eigenvalue weighted by molar-refractivity contribution is 5.48. The molecular weight excluding hydrogens is 329 g/mol. The Kier molecular flexibility index (Phi) is 5.11. The molecule has 0 atom stereocenters. The Hall–Kier alpha value is -2.31. The van der Waals surface area contributed by atoms with Gasteiger partial charge in [-0.15, -0.1) is 10.2 Å². The fourth-order valence-electron chi connectivity index (χ4n) is 3.00. The molecule has 0 radical (unpaired) electrons. The predicted octanol–water partition coefficient (Wildman–Crippen LogP) is 4.12. The van der Waals surface area contributed by atoms with Gasteiger partial charge < -0.3 is 9.80 Å². The van der Waals surface area contributed by atoms with Crippen molar-refractivity contribution in [2.75, 3.05) is 29.9 Å². The summed E-state index contributed by atoms with van der Waals surface area (Å²) in [6.07, 6.45) is -0.698. The van der Waals surface area contributed by atoms with Crippen LogP contribution in [0.15, 0.2) is 36.4 Å². The van der Waals surface area contributed by atoms with Gasteiger partial charge in [0.2, 0.25) is 0 Å². The first-order valence-corrected chi connectivity index (χ1v) is 8.39. The standard InChI is InChI=1S/C18H21F3N4/c1-24(17-10-9-16(22-23-17)18(19,20)21)13-14-5-7-15(8-6-14)25-11-3-2-4-12-25/h5-10H,2-4,11-13H2,1H3. The Bertz CT molecular complexity index is 677. The molecule has 1 saturated heterocycles. The van der Waals surface area contributed by atoms with Crippen LogP contribution in [0.2, 0.25) is 0 Å². The van der Waals surface area contributed by atoms with Gasteiger partial charge in [-0.05, 0) is 49.1 Å². The van der Waals surface area contributed by atoms with Crippen molar-refractivity contribution < 1.29 is 13.2 Å². The topological polar surface area (TPSA) is 32.3 Å². The maximum absolute atomic E-state index is 12.5. The van der Waals surface area contributed by atoms with Crippen molar-refractivity contribution in [2.24, 2.45) is 0 Å². The molecule has 1 aromatic heterocycles. The summed E-state index contributed by atoms with van der Waals surface area (Å²) in [7, 11) is 1.79. The second-order valence-corrected chi connectivity index (χ2v) is 6.34. The number of halogens is 3. The van der Waals surface area contributed by atoms with Crippen LogP contribution in [0, 0.1) is 0 Å². The van der Waals surface area contributed by atoms with Crippen molar-refractivity contribution in [1.29, 1.82) is 0 Å². The van der Waals surface area contributed by atoms with Gasteiger partial charge in [0.15, 0.2) is 11.5 Å². The summed E-state index contributed by atoms with van der Waals surface area (Å²) in [6.45, 7) is 2.75. The average molecular weight is 350 g/mol. The fraction of sp³-hybridized carbons (Fsp3) is 0.444. The fourth-order valence-corrected chi connectivity index (χ4v) is 3.00. The molecule has 0 bridgehead atoms. The second-order valence-electron chi connectivity index (χ2n) is 6.34. The van der Waals surface area contributed by atoms with Crippen molar-refractivity contribution in [1.82, 2.24) is 10.2 Å². The summed E-state index contributed by atoms with van der Waals surface area (Å²) in [5.41, 5.74) is 1.32. The van der Waals surface area contributed by atoms with E-state index in [9.17, 15) is 13.2 Å². The van der Waals surface area contributed by atoms with Crippen molar-refractivity contribution >= 4 is 11.5 Å². The zero-order valence-corrected chi connectivity index (χ0v) is 14.1. The SMILES string of the molecule is CN(Cc1ccc(N2CCCCC2)cc1)c1ccc(C(F)(F)F)nn1. The number of anilines is 2. The highest BCUT2D eigenvalue weighted by Crippen LogP contribution is 2.27. The highest BCUT2D eigenvalue weighted by Gasteiger charge is 2.33. The molecule has 2 aromatic rings. The maximum Gasteiger partial charge on any atom is 0.435 e. The van der Waals surface area contributed by atoms with E-state index in [-0.39, 0.29) is 0 Å². The molecule has 1 aliphatic rings. The third kappa shape index (κ3) is 4.41. The van der Waals surface area contributed by atoms with Crippen LogP contribution < -0.4 is 9.80 Å². The number of rotatable bonds is 4. The van der Waals surface area contributed by atoms with Gasteiger partial charge >= 0.3 is 6.18 Å². The zero-order chi connectivity index (χ0) is 17.9. The van der Waals surface area contributed by atoms with Crippen molar-refractivity contribution in [3.63, 3.8) is 0 Å². The van der Waals surface area contributed by atoms with Crippen molar-refractivity contribution in [3.05, 3.63) is 47.7 Å². The maximum atomic E-state index is 12.5. The smallest absolute Gasteiger partial charge is 0.372 e. The number of aromatic nitrogens is 2. The highest BCUT2D eigenvalue weighted by atomic mass is 19.4. The molecule has 2 heterocycles. The average Bonchev–Trinajstić information content (AvgIpc) is 2.62. The number of alkyl halides is 3. The lowest BCUT2D eigenvalue weighted by atomic mass is 10.1. The van der Waals surface area contributed by atoms with E-state index in [1.807, 2.05) is 0 Å². The van der Waals surface area contributed by atoms with Crippen LogP contribution in [0.25, 0.3) is 0 Å². The second kappa shape index (κ2) is 7.29. The Morgan fingerprint density at radius 3 is 2.20 bits per heavy atom. The van der Waals surface area contributed by atoms with E-state index in [1.54, 1.807) is 11.9 Å². The minimum absolute atomic E-state index is 0.410. The summed E-state index contributed by atoms with van der Waals surface area (Å²) in [4.78, 5) is 4.17. The first-order valence-electron chi connectivity index (χ1n) is 8.39. The van der Waals surface area contributed by atoms with Crippen LogP contribution in [0.3, 0.4) is 0 Å². The van der Waals surface area contributed by atoms with Gasteiger partial charge in [-0.2, -0.15) is 13.2 Å². The van der Waals surface area contributed by atoms with Crippen LogP contribution in [0.5, 0.6) is 0 Å². The lowest BCUT2D eigenvalue weighted by Crippen LogP contribution is -2.29. The summed E-state index contributed by atoms with van der Waals surface area (Å²) in [5, 5.41) is 6.94. The molecule has 25 heavy (non-hydrogen) atoms. The molecule has 0 N–H and O–H groups in total. The molecule has 4 nitrogen and oxygen atoms in total. The summed E-state index contributed by atoms with van der Waals surface area (Å²) in [5.74, 6) is 0.410. The Morgan fingerprint density at radius 2 is 1.64 bits per heavy atom. The molecule has 0 amide bonds. The lowest BCUT2D eigenvalue weighted by molar-refractivity contribution is -0.141. The molecule has 1 fully saturated rings. The van der Waals surface area contributed by atoms with Gasteiger partial charge in [-0.3, -0.25) is 0 Å². The molecule has 1 aliphatic heterocycles. The molecule has 0 saturated carbocycles. The molecular formula is C18H21F3N4. The van der Waals surface area contributed by atoms with Gasteiger partial charge in [0.05, 0.1) is 0 Å². The molecule has 0 unspecified atom stereocenters. The van der Waals surface area contributed by atoms with Crippen LogP contribution >= 0.6 is 0 Å². The Morgan fingerprint density at radius 1 is 0.960 bits per heavy atom. The quantitative estimate of drug-likeness (QED) is 0.830. The first kappa shape index (κ1) is 17.5. The third-order valence-electron chi connectivity index (χ3n) is 4.41. The van der Waals surface area contributed by atoms with E-state index in [4.69, 9.17) is 0 Å². The number of hydrogen-bond acceptors (Lipinski definition) is 4. The van der Waals surface area contributed by atoms with E-state index < -0.39 is 11.9 Å². The van der Waals surface area contributed by atoms with Gasteiger partial charge in [-0.1, -0.05) is 12.1 Å². The molecule has 7 heteroatoms. The minimum atomic E-state index is -4.46. The Labute approximate surface area is 145 Å². The van der Waals surface area contributed by atoms with Crippen molar-refractivity contribution in [3.8, 4) is 0 Å². The summed E-state index contributed by atoms with van der Waals surface area (Å²) >= 11 is 0. The van der Waals surface area contributed by atoms with E-state index >= 15 is 0 Å². The minimum Gasteiger partial charge on any atom is -0.372 e. The van der Waals surface area contributed by atoms with Crippen LogP contribution in [-0.2, 0) is 12.7 Å². The molecule has 3 rings (SSSR count). The van der Waals surface area contributed by atoms with Gasteiger partial charge in [-0.25, -0.2) is 0 Å². The van der Waals surface area contributed by atoms with E-state index in [1.165, 1.54) is 31.0 Å². The predicted molar refractivity (Wildman–Crippen MR) is 91.6 cm³/mol. The zero-order valence-electron chi connectivity index (χ0n) is 14.1. The largest absolute Gasteiger partial charge is 0.435 e. The summed E-state index contributed by atoms with van der Waals surface area (Å²) < 4.78 is 37.6. The molecule has 134 valence electrons. The molecule has 1 aromatic carbocycles. The first-order chi connectivity index (χ1) is 11.9. The normalized spacial score (nSPS) is 15.3. The third-order valence-corrected chi connectivity index (χ3v) is 4.41. The monoisotopic (exact) mass is 350 g/mol. The van der Waals surface area contributed by atoms with Crippen LogP contribution in [0.4, 0.5) is 24.7 Å². The summed E-state index contributed by atoms with van der Waals surface area (Å²) in [6, 6.07) is 10.6. The van der Waals surface area contributed by atoms with E-state index in [0.717, 1.165) is 24.7 Å². The van der Waals surface area contributed by atoms with Crippen LogP contribution in [-0.4, -0.2) is 30.3 Å². The number of benzene rings is 1. The van der Waals surface area contributed by atoms with Gasteiger partial charge in [0.1, 0.15) is 0 Å². The number of nitrogens with zero attached hydrogens (tertiary/aromatic N) is 4. The Balaban J connectivity index is 1.63.